The lowest BCUT2D eigenvalue weighted by atomic mass is 10.2. The Bertz CT molecular complexity index is 1030. The molecule has 150 valence electrons. The minimum atomic E-state index is -0.985. The zero-order valence-electron chi connectivity index (χ0n) is 16.0. The van der Waals surface area contributed by atoms with Gasteiger partial charge in [-0.05, 0) is 48.4 Å². The summed E-state index contributed by atoms with van der Waals surface area (Å²) in [5, 5.41) is 16.4. The number of amides is 1. The Morgan fingerprint density at radius 3 is 2.21 bits per heavy atom. The summed E-state index contributed by atoms with van der Waals surface area (Å²) in [5.41, 5.74) is 2.12. The van der Waals surface area contributed by atoms with Crippen LogP contribution >= 0.6 is 11.6 Å². The Morgan fingerprint density at radius 1 is 1.10 bits per heavy atom. The number of benzene rings is 2. The van der Waals surface area contributed by atoms with Gasteiger partial charge in [0.25, 0.3) is 5.91 Å². The average molecular weight is 414 g/mol. The summed E-state index contributed by atoms with van der Waals surface area (Å²) < 4.78 is 7.19. The van der Waals surface area contributed by atoms with Gasteiger partial charge in [0.2, 0.25) is 0 Å². The second-order valence-electron chi connectivity index (χ2n) is 6.34. The first-order valence-corrected chi connectivity index (χ1v) is 9.36. The Balaban J connectivity index is 1.60. The van der Waals surface area contributed by atoms with E-state index in [-0.39, 0.29) is 11.5 Å². The van der Waals surface area contributed by atoms with Crippen molar-refractivity contribution in [1.82, 2.24) is 15.1 Å². The first-order chi connectivity index (χ1) is 13.9. The lowest BCUT2D eigenvalue weighted by Gasteiger charge is -2.09. The number of aromatic nitrogens is 2. The average Bonchev–Trinajstić information content (AvgIpc) is 3.01. The molecule has 3 rings (SSSR count). The molecule has 0 saturated heterocycles. The van der Waals surface area contributed by atoms with E-state index in [1.54, 1.807) is 31.3 Å². The number of aromatic carboxylic acids is 1. The molecule has 0 aliphatic carbocycles. The summed E-state index contributed by atoms with van der Waals surface area (Å²) in [7, 11) is 1.69. The highest BCUT2D eigenvalue weighted by atomic mass is 35.5. The van der Waals surface area contributed by atoms with Crippen LogP contribution in [0.15, 0.2) is 48.5 Å². The van der Waals surface area contributed by atoms with Crippen LogP contribution in [-0.4, -0.2) is 26.8 Å². The molecule has 29 heavy (non-hydrogen) atoms. The zero-order chi connectivity index (χ0) is 21.0. The first-order valence-electron chi connectivity index (χ1n) is 8.98. The maximum absolute atomic E-state index is 12.4. The van der Waals surface area contributed by atoms with Gasteiger partial charge in [-0.15, -0.1) is 0 Å². The molecule has 8 heteroatoms. The minimum Gasteiger partial charge on any atom is -0.478 e. The van der Waals surface area contributed by atoms with Gasteiger partial charge in [0.05, 0.1) is 16.3 Å². The van der Waals surface area contributed by atoms with Crippen molar-refractivity contribution in [3.05, 3.63) is 76.1 Å². The largest absolute Gasteiger partial charge is 0.478 e. The maximum Gasteiger partial charge on any atom is 0.335 e. The molecule has 0 spiro atoms. The van der Waals surface area contributed by atoms with Gasteiger partial charge in [-0.2, -0.15) is 5.10 Å². The van der Waals surface area contributed by atoms with Crippen LogP contribution in [0.5, 0.6) is 11.5 Å². The third kappa shape index (κ3) is 4.75. The molecule has 2 N–H and O–H groups in total. The summed E-state index contributed by atoms with van der Waals surface area (Å²) >= 11 is 6.24. The highest BCUT2D eigenvalue weighted by Crippen LogP contribution is 2.23. The number of carbonyl (C=O) groups excluding carboxylic acids is 1. The summed E-state index contributed by atoms with van der Waals surface area (Å²) in [6, 6.07) is 13.4. The van der Waals surface area contributed by atoms with Crippen LogP contribution in [0, 0.1) is 0 Å². The van der Waals surface area contributed by atoms with E-state index < -0.39 is 5.97 Å². The van der Waals surface area contributed by atoms with Crippen LogP contribution in [0.25, 0.3) is 0 Å². The molecular formula is C21H20ClN3O4. The van der Waals surface area contributed by atoms with Crippen molar-refractivity contribution in [3.63, 3.8) is 0 Å². The van der Waals surface area contributed by atoms with Crippen molar-refractivity contribution in [2.75, 3.05) is 0 Å². The number of rotatable bonds is 7. The van der Waals surface area contributed by atoms with Gasteiger partial charge in [-0.3, -0.25) is 9.48 Å². The van der Waals surface area contributed by atoms with E-state index in [1.807, 2.05) is 19.1 Å². The third-order valence-electron chi connectivity index (χ3n) is 4.32. The second-order valence-corrected chi connectivity index (χ2v) is 6.72. The van der Waals surface area contributed by atoms with Crippen molar-refractivity contribution in [1.29, 1.82) is 0 Å². The number of halogens is 1. The molecule has 0 fully saturated rings. The monoisotopic (exact) mass is 413 g/mol. The standard InChI is InChI=1S/C21H20ClN3O4/c1-3-17-18(22)19(25(2)24-17)20(26)23-12-13-4-8-15(9-5-13)29-16-10-6-14(7-11-16)21(27)28/h4-11H,3,12H2,1-2H3,(H,23,26)(H,27,28). The van der Waals surface area contributed by atoms with E-state index in [9.17, 15) is 9.59 Å². The van der Waals surface area contributed by atoms with Crippen molar-refractivity contribution in [2.45, 2.75) is 19.9 Å². The molecule has 3 aromatic rings. The van der Waals surface area contributed by atoms with E-state index in [0.717, 1.165) is 5.56 Å². The van der Waals surface area contributed by atoms with E-state index in [1.165, 1.54) is 16.8 Å². The van der Waals surface area contributed by atoms with Crippen LogP contribution in [0.2, 0.25) is 5.02 Å². The summed E-state index contributed by atoms with van der Waals surface area (Å²) in [5.74, 6) is -0.135. The molecule has 7 nitrogen and oxygen atoms in total. The second kappa shape index (κ2) is 8.79. The minimum absolute atomic E-state index is 0.197. The van der Waals surface area contributed by atoms with Gasteiger partial charge >= 0.3 is 5.97 Å². The highest BCUT2D eigenvalue weighted by Gasteiger charge is 2.19. The molecule has 1 amide bonds. The predicted octanol–water partition coefficient (Wildman–Crippen LogP) is 4.06. The smallest absolute Gasteiger partial charge is 0.335 e. The van der Waals surface area contributed by atoms with Crippen molar-refractivity contribution < 1.29 is 19.4 Å². The fourth-order valence-electron chi connectivity index (χ4n) is 2.77. The number of carboxylic acid groups (broad SMARTS) is 1. The van der Waals surface area contributed by atoms with Crippen molar-refractivity contribution in [3.8, 4) is 11.5 Å². The van der Waals surface area contributed by atoms with Crippen molar-refractivity contribution in [2.24, 2.45) is 7.05 Å². The van der Waals surface area contributed by atoms with E-state index >= 15 is 0 Å². The molecule has 1 aromatic heterocycles. The van der Waals surface area contributed by atoms with Gasteiger partial charge in [0.15, 0.2) is 0 Å². The number of hydrogen-bond donors (Lipinski definition) is 2. The van der Waals surface area contributed by atoms with Gasteiger partial charge in [0, 0.05) is 13.6 Å². The fourth-order valence-corrected chi connectivity index (χ4v) is 3.15. The Hall–Kier alpha value is -3.32. The van der Waals surface area contributed by atoms with Gasteiger partial charge in [0.1, 0.15) is 17.2 Å². The van der Waals surface area contributed by atoms with Crippen LogP contribution < -0.4 is 10.1 Å². The molecule has 0 radical (unpaired) electrons. The summed E-state index contributed by atoms with van der Waals surface area (Å²) in [6.07, 6.45) is 0.653. The quantitative estimate of drug-likeness (QED) is 0.609. The number of nitrogens with zero attached hydrogens (tertiary/aromatic N) is 2. The summed E-state index contributed by atoms with van der Waals surface area (Å²) in [6.45, 7) is 2.26. The molecule has 0 saturated carbocycles. The van der Waals surface area contributed by atoms with Crippen LogP contribution in [-0.2, 0) is 20.0 Å². The third-order valence-corrected chi connectivity index (χ3v) is 4.72. The fraction of sp³-hybridized carbons (Fsp3) is 0.190. The van der Waals surface area contributed by atoms with E-state index in [0.29, 0.717) is 40.9 Å². The number of aryl methyl sites for hydroxylation is 2. The zero-order valence-corrected chi connectivity index (χ0v) is 16.7. The van der Waals surface area contributed by atoms with E-state index in [4.69, 9.17) is 21.4 Å². The lowest BCUT2D eigenvalue weighted by molar-refractivity contribution is 0.0696. The molecule has 0 atom stereocenters. The molecule has 0 aliphatic rings. The first kappa shape index (κ1) is 20.4. The molecule has 0 unspecified atom stereocenters. The van der Waals surface area contributed by atoms with Crippen molar-refractivity contribution >= 4 is 23.5 Å². The Morgan fingerprint density at radius 2 is 1.69 bits per heavy atom. The molecule has 1 heterocycles. The van der Waals surface area contributed by atoms with Gasteiger partial charge in [-0.1, -0.05) is 30.7 Å². The molecular weight excluding hydrogens is 394 g/mol. The molecule has 0 aliphatic heterocycles. The number of carbonyl (C=O) groups is 2. The highest BCUT2D eigenvalue weighted by molar-refractivity contribution is 6.34. The number of nitrogens with one attached hydrogen (secondary N) is 1. The van der Waals surface area contributed by atoms with E-state index in [2.05, 4.69) is 10.4 Å². The van der Waals surface area contributed by atoms with Crippen LogP contribution in [0.3, 0.4) is 0 Å². The van der Waals surface area contributed by atoms with Crippen LogP contribution in [0.1, 0.15) is 39.0 Å². The van der Waals surface area contributed by atoms with Gasteiger partial charge < -0.3 is 15.2 Å². The Kier molecular flexibility index (Phi) is 6.19. The topological polar surface area (TPSA) is 93.5 Å². The summed E-state index contributed by atoms with van der Waals surface area (Å²) in [4.78, 5) is 23.3. The van der Waals surface area contributed by atoms with Gasteiger partial charge in [-0.25, -0.2) is 4.79 Å². The predicted molar refractivity (Wildman–Crippen MR) is 109 cm³/mol. The van der Waals surface area contributed by atoms with Crippen LogP contribution in [0.4, 0.5) is 0 Å². The number of carboxylic acids is 1. The number of hydrogen-bond acceptors (Lipinski definition) is 4. The lowest BCUT2D eigenvalue weighted by Crippen LogP contribution is -2.25. The normalized spacial score (nSPS) is 10.6. The maximum atomic E-state index is 12.4. The SMILES string of the molecule is CCc1nn(C)c(C(=O)NCc2ccc(Oc3ccc(C(=O)O)cc3)cc2)c1Cl. The number of ether oxygens (including phenoxy) is 1. The Labute approximate surface area is 172 Å². The molecule has 2 aromatic carbocycles. The molecule has 0 bridgehead atoms.